The van der Waals surface area contributed by atoms with E-state index < -0.39 is 51.2 Å². The molecule has 1 aliphatic carbocycles. The molecule has 1 unspecified atom stereocenters. The van der Waals surface area contributed by atoms with Crippen LogP contribution < -0.4 is 10.0 Å². The quantitative estimate of drug-likeness (QED) is 0.466. The second kappa shape index (κ2) is 9.56. The number of amides is 4. The Morgan fingerprint density at radius 2 is 1.97 bits per heavy atom. The third-order valence-corrected chi connectivity index (χ3v) is 8.66. The van der Waals surface area contributed by atoms with E-state index >= 15 is 0 Å². The Labute approximate surface area is 202 Å². The smallest absolute Gasteiger partial charge is 0.331 e. The Balaban J connectivity index is 1.59. The molecule has 3 atom stereocenters. The number of ether oxygens (including phenoxy) is 1. The van der Waals surface area contributed by atoms with Crippen LogP contribution in [0.1, 0.15) is 64.0 Å². The second-order valence-corrected chi connectivity index (χ2v) is 12.3. The summed E-state index contributed by atoms with van der Waals surface area (Å²) < 4.78 is 35.3. The molecule has 186 valence electrons. The SMILES string of the molecule is CC(C)(C)[S+]([O-])N[C@]1(CC[C@@H]2C(=O)NC(=O)N(C3CCOCC3)C2=O)CCc2ccc(F)cc21. The highest BCUT2D eigenvalue weighted by molar-refractivity contribution is 7.90. The van der Waals surface area contributed by atoms with Gasteiger partial charge in [-0.15, -0.1) is 4.72 Å². The van der Waals surface area contributed by atoms with Gasteiger partial charge in [0.2, 0.25) is 11.8 Å². The molecule has 10 heteroatoms. The van der Waals surface area contributed by atoms with Gasteiger partial charge in [0.05, 0.1) is 5.54 Å². The van der Waals surface area contributed by atoms with Crippen molar-refractivity contribution in [2.24, 2.45) is 5.92 Å². The lowest BCUT2D eigenvalue weighted by atomic mass is 9.84. The van der Waals surface area contributed by atoms with E-state index in [1.165, 1.54) is 17.0 Å². The van der Waals surface area contributed by atoms with E-state index in [4.69, 9.17) is 4.74 Å². The molecule has 1 aromatic rings. The summed E-state index contributed by atoms with van der Waals surface area (Å²) in [6, 6.07) is 3.60. The van der Waals surface area contributed by atoms with Crippen molar-refractivity contribution in [3.63, 3.8) is 0 Å². The van der Waals surface area contributed by atoms with Gasteiger partial charge in [0.25, 0.3) is 0 Å². The van der Waals surface area contributed by atoms with Crippen molar-refractivity contribution in [1.29, 1.82) is 0 Å². The molecule has 2 fully saturated rings. The minimum absolute atomic E-state index is 0.141. The molecule has 0 spiro atoms. The molecule has 2 saturated heterocycles. The zero-order valence-electron chi connectivity index (χ0n) is 19.8. The summed E-state index contributed by atoms with van der Waals surface area (Å²) in [6.45, 7) is 6.45. The third kappa shape index (κ3) is 4.86. The first-order valence-corrected chi connectivity index (χ1v) is 12.9. The number of barbiturate groups is 1. The van der Waals surface area contributed by atoms with E-state index in [0.29, 0.717) is 50.9 Å². The first kappa shape index (κ1) is 25.1. The molecule has 8 nitrogen and oxygen atoms in total. The summed E-state index contributed by atoms with van der Waals surface area (Å²) in [5.74, 6) is -2.57. The van der Waals surface area contributed by atoms with Crippen LogP contribution in [0.25, 0.3) is 0 Å². The maximum absolute atomic E-state index is 14.2. The fraction of sp³-hybridized carbons (Fsp3) is 0.625. The number of urea groups is 1. The van der Waals surface area contributed by atoms with Crippen molar-refractivity contribution >= 4 is 29.2 Å². The van der Waals surface area contributed by atoms with Crippen LogP contribution >= 0.6 is 0 Å². The zero-order chi connectivity index (χ0) is 24.7. The van der Waals surface area contributed by atoms with Gasteiger partial charge in [0.15, 0.2) is 0 Å². The van der Waals surface area contributed by atoms with Crippen LogP contribution in [0, 0.1) is 11.7 Å². The van der Waals surface area contributed by atoms with E-state index in [-0.39, 0.29) is 12.5 Å². The number of hydrogen-bond acceptors (Lipinski definition) is 6. The Hall–Kier alpha value is -2.01. The van der Waals surface area contributed by atoms with E-state index in [1.54, 1.807) is 6.07 Å². The number of fused-ring (bicyclic) bond motifs is 1. The van der Waals surface area contributed by atoms with Gasteiger partial charge in [-0.1, -0.05) is 6.07 Å². The van der Waals surface area contributed by atoms with Crippen LogP contribution in [0.4, 0.5) is 9.18 Å². The highest BCUT2D eigenvalue weighted by atomic mass is 32.2. The second-order valence-electron chi connectivity index (χ2n) is 10.3. The zero-order valence-corrected chi connectivity index (χ0v) is 20.6. The first-order chi connectivity index (χ1) is 16.0. The van der Waals surface area contributed by atoms with Crippen LogP contribution in [0.3, 0.4) is 0 Å². The fourth-order valence-corrected chi connectivity index (χ4v) is 5.98. The molecule has 0 saturated carbocycles. The normalized spacial score (nSPS) is 27.0. The number of imide groups is 2. The number of nitrogens with zero attached hydrogens (tertiary/aromatic N) is 1. The minimum Gasteiger partial charge on any atom is -0.598 e. The molecule has 34 heavy (non-hydrogen) atoms. The molecule has 0 bridgehead atoms. The highest BCUT2D eigenvalue weighted by Crippen LogP contribution is 2.43. The van der Waals surface area contributed by atoms with Gasteiger partial charge in [0.1, 0.15) is 16.5 Å². The molecule has 3 aliphatic rings. The number of nitrogens with one attached hydrogen (secondary N) is 2. The molecule has 0 aromatic heterocycles. The number of aryl methyl sites for hydroxylation is 1. The average molecular weight is 494 g/mol. The lowest BCUT2D eigenvalue weighted by Gasteiger charge is -2.39. The fourth-order valence-electron chi connectivity index (χ4n) is 5.01. The van der Waals surface area contributed by atoms with Crippen LogP contribution in [0.2, 0.25) is 0 Å². The molecular weight excluding hydrogens is 461 g/mol. The highest BCUT2D eigenvalue weighted by Gasteiger charge is 2.48. The predicted octanol–water partition coefficient (Wildman–Crippen LogP) is 2.67. The van der Waals surface area contributed by atoms with Gasteiger partial charge < -0.3 is 9.29 Å². The average Bonchev–Trinajstić information content (AvgIpc) is 3.11. The van der Waals surface area contributed by atoms with Gasteiger partial charge in [-0.25, -0.2) is 9.18 Å². The monoisotopic (exact) mass is 493 g/mol. The standard InChI is InChI=1S/C24H32FN3O5S/c1-23(2,3)34(32)27-24(10-6-15-4-5-16(25)14-19(15)24)11-7-18-20(29)26-22(31)28(21(18)30)17-8-12-33-13-9-17/h4-5,14,17-18,27H,6-13H2,1-3H3,(H,26,29,31)/t18-,24+,34?/m1/s1. The number of hydrogen-bond donors (Lipinski definition) is 2. The van der Waals surface area contributed by atoms with Crippen LogP contribution in [0.15, 0.2) is 18.2 Å². The summed E-state index contributed by atoms with van der Waals surface area (Å²) in [6.07, 6.45) is 2.73. The Morgan fingerprint density at radius 3 is 2.65 bits per heavy atom. The lowest BCUT2D eigenvalue weighted by Crippen LogP contribution is -2.62. The number of carbonyl (C=O) groups excluding carboxylic acids is 3. The van der Waals surface area contributed by atoms with Gasteiger partial charge in [0, 0.05) is 30.6 Å². The Kier molecular flexibility index (Phi) is 7.06. The van der Waals surface area contributed by atoms with E-state index in [1.807, 2.05) is 20.8 Å². The summed E-state index contributed by atoms with van der Waals surface area (Å²) in [7, 11) is 0. The largest absolute Gasteiger partial charge is 0.598 e. The molecule has 2 heterocycles. The molecule has 4 amide bonds. The summed E-state index contributed by atoms with van der Waals surface area (Å²) in [5.41, 5.74) is 0.825. The first-order valence-electron chi connectivity index (χ1n) is 11.8. The number of benzene rings is 1. The number of carbonyl (C=O) groups is 3. The van der Waals surface area contributed by atoms with Gasteiger partial charge in [-0.3, -0.25) is 19.8 Å². The van der Waals surface area contributed by atoms with Gasteiger partial charge in [-0.05, 0) is 82.6 Å². The summed E-state index contributed by atoms with van der Waals surface area (Å²) in [4.78, 5) is 39.6. The maximum atomic E-state index is 14.2. The van der Waals surface area contributed by atoms with Crippen LogP contribution in [0.5, 0.6) is 0 Å². The molecule has 1 aromatic carbocycles. The Morgan fingerprint density at radius 1 is 1.26 bits per heavy atom. The number of rotatable bonds is 6. The predicted molar refractivity (Wildman–Crippen MR) is 124 cm³/mol. The Bertz CT molecular complexity index is 978. The van der Waals surface area contributed by atoms with Crippen molar-refractivity contribution in [3.8, 4) is 0 Å². The lowest BCUT2D eigenvalue weighted by molar-refractivity contribution is -0.145. The summed E-state index contributed by atoms with van der Waals surface area (Å²) in [5, 5.41) is 2.33. The van der Waals surface area contributed by atoms with Crippen molar-refractivity contribution in [3.05, 3.63) is 35.1 Å². The van der Waals surface area contributed by atoms with Gasteiger partial charge in [-0.2, -0.15) is 0 Å². The van der Waals surface area contributed by atoms with Crippen molar-refractivity contribution in [2.75, 3.05) is 13.2 Å². The van der Waals surface area contributed by atoms with Crippen LogP contribution in [-0.2, 0) is 37.6 Å². The topological polar surface area (TPSA) is 111 Å². The molecular formula is C24H32FN3O5S. The van der Waals surface area contributed by atoms with E-state index in [9.17, 15) is 23.3 Å². The van der Waals surface area contributed by atoms with Crippen molar-refractivity contribution < 1.29 is 28.1 Å². The molecule has 2 aliphatic heterocycles. The molecule has 0 radical (unpaired) electrons. The van der Waals surface area contributed by atoms with Gasteiger partial charge >= 0.3 is 6.03 Å². The minimum atomic E-state index is -1.46. The molecule has 2 N–H and O–H groups in total. The molecule has 4 rings (SSSR count). The van der Waals surface area contributed by atoms with Crippen molar-refractivity contribution in [2.45, 2.75) is 75.6 Å². The maximum Gasteiger partial charge on any atom is 0.331 e. The van der Waals surface area contributed by atoms with Crippen LogP contribution in [-0.4, -0.2) is 51.3 Å². The van der Waals surface area contributed by atoms with E-state index in [0.717, 1.165) is 5.56 Å². The van der Waals surface area contributed by atoms with E-state index in [2.05, 4.69) is 10.0 Å². The van der Waals surface area contributed by atoms with Crippen molar-refractivity contribution in [1.82, 2.24) is 14.9 Å². The number of halogens is 1. The third-order valence-electron chi connectivity index (χ3n) is 6.97. The summed E-state index contributed by atoms with van der Waals surface area (Å²) >= 11 is -1.46.